The second-order valence-corrected chi connectivity index (χ2v) is 8.39. The molecular weight excluding hydrogens is 392 g/mol. The van der Waals surface area contributed by atoms with Crippen molar-refractivity contribution in [1.82, 2.24) is 10.2 Å². The molecule has 3 N–H and O–H groups in total. The zero-order valence-electron chi connectivity index (χ0n) is 20.0. The topological polar surface area (TPSA) is 89.9 Å². The molecule has 0 aliphatic heterocycles. The van der Waals surface area contributed by atoms with Gasteiger partial charge >= 0.3 is 5.97 Å². The third kappa shape index (κ3) is 23.1. The van der Waals surface area contributed by atoms with E-state index in [1.54, 1.807) is 0 Å². The molecule has 1 amide bonds. The number of hydrogen-bond donors (Lipinski definition) is 3. The number of aliphatic carboxylic acids is 1. The lowest BCUT2D eigenvalue weighted by Gasteiger charge is -2.20. The van der Waals surface area contributed by atoms with Crippen molar-refractivity contribution in [1.29, 1.82) is 0 Å². The first-order chi connectivity index (χ1) is 15.1. The molecular formula is C25H48N2O4. The molecule has 0 unspecified atom stereocenters. The van der Waals surface area contributed by atoms with Crippen LogP contribution in [0.2, 0.25) is 0 Å². The SMILES string of the molecule is CCCCCCCC/C=C\CCCCCCCC(=O)NCCN(CCO)CCC(=O)O. The summed E-state index contributed by atoms with van der Waals surface area (Å²) in [6.45, 7) is 4.11. The summed E-state index contributed by atoms with van der Waals surface area (Å²) in [4.78, 5) is 24.4. The summed E-state index contributed by atoms with van der Waals surface area (Å²) in [6, 6.07) is 0. The van der Waals surface area contributed by atoms with Crippen LogP contribution < -0.4 is 5.32 Å². The average Bonchev–Trinajstić information content (AvgIpc) is 2.74. The van der Waals surface area contributed by atoms with E-state index in [4.69, 9.17) is 10.2 Å². The third-order valence-corrected chi connectivity index (χ3v) is 5.47. The molecule has 182 valence electrons. The van der Waals surface area contributed by atoms with Gasteiger partial charge in [0.05, 0.1) is 13.0 Å². The highest BCUT2D eigenvalue weighted by Crippen LogP contribution is 2.10. The van der Waals surface area contributed by atoms with E-state index in [0.29, 0.717) is 32.6 Å². The van der Waals surface area contributed by atoms with Crippen LogP contribution in [0.5, 0.6) is 0 Å². The van der Waals surface area contributed by atoms with Gasteiger partial charge in [0.2, 0.25) is 5.91 Å². The van der Waals surface area contributed by atoms with Crippen LogP contribution in [-0.2, 0) is 9.59 Å². The Morgan fingerprint density at radius 2 is 1.35 bits per heavy atom. The lowest BCUT2D eigenvalue weighted by molar-refractivity contribution is -0.137. The lowest BCUT2D eigenvalue weighted by Crippen LogP contribution is -2.37. The number of rotatable bonds is 23. The zero-order chi connectivity index (χ0) is 23.0. The number of nitrogens with one attached hydrogen (secondary N) is 1. The van der Waals surface area contributed by atoms with E-state index in [-0.39, 0.29) is 18.9 Å². The minimum Gasteiger partial charge on any atom is -0.481 e. The normalized spacial score (nSPS) is 11.5. The van der Waals surface area contributed by atoms with E-state index in [0.717, 1.165) is 12.8 Å². The van der Waals surface area contributed by atoms with E-state index in [9.17, 15) is 9.59 Å². The Kier molecular flexibility index (Phi) is 22.2. The van der Waals surface area contributed by atoms with Gasteiger partial charge < -0.3 is 15.5 Å². The maximum Gasteiger partial charge on any atom is 0.304 e. The number of carbonyl (C=O) groups excluding carboxylic acids is 1. The fraction of sp³-hybridized carbons (Fsp3) is 0.840. The Morgan fingerprint density at radius 1 is 0.774 bits per heavy atom. The van der Waals surface area contributed by atoms with Crippen LogP contribution in [0.1, 0.15) is 103 Å². The van der Waals surface area contributed by atoms with Crippen LogP contribution in [0.25, 0.3) is 0 Å². The minimum atomic E-state index is -0.851. The molecule has 0 saturated carbocycles. The Hall–Kier alpha value is -1.40. The molecule has 6 heteroatoms. The number of carboxylic acids is 1. The van der Waals surface area contributed by atoms with Gasteiger partial charge in [-0.3, -0.25) is 14.5 Å². The monoisotopic (exact) mass is 440 g/mol. The molecule has 0 heterocycles. The summed E-state index contributed by atoms with van der Waals surface area (Å²) in [5, 5.41) is 20.7. The predicted molar refractivity (Wildman–Crippen MR) is 128 cm³/mol. The van der Waals surface area contributed by atoms with Crippen molar-refractivity contribution in [3.05, 3.63) is 12.2 Å². The molecule has 0 aromatic carbocycles. The van der Waals surface area contributed by atoms with Gasteiger partial charge in [-0.15, -0.1) is 0 Å². The zero-order valence-corrected chi connectivity index (χ0v) is 20.0. The second kappa shape index (κ2) is 23.3. The minimum absolute atomic E-state index is 0.0114. The Balaban J connectivity index is 3.47. The standard InChI is InChI=1S/C25H48N2O4/c1-2-3-4-5-6-7-8-9-10-11-12-13-14-15-16-17-24(29)26-19-21-27(22-23-28)20-18-25(30)31/h9-10,28H,2-8,11-23H2,1H3,(H,26,29)(H,30,31)/b10-9-. The van der Waals surface area contributed by atoms with Crippen molar-refractivity contribution in [2.24, 2.45) is 0 Å². The number of carbonyl (C=O) groups is 2. The first kappa shape index (κ1) is 29.6. The number of hydrogen-bond acceptors (Lipinski definition) is 4. The summed E-state index contributed by atoms with van der Waals surface area (Å²) in [5.41, 5.74) is 0. The predicted octanol–water partition coefficient (Wildman–Crippen LogP) is 4.91. The summed E-state index contributed by atoms with van der Waals surface area (Å²) < 4.78 is 0. The number of aliphatic hydroxyl groups excluding tert-OH is 1. The molecule has 0 rings (SSSR count). The fourth-order valence-electron chi connectivity index (χ4n) is 3.53. The largest absolute Gasteiger partial charge is 0.481 e. The summed E-state index contributed by atoms with van der Waals surface area (Å²) in [5.74, 6) is -0.795. The molecule has 0 bridgehead atoms. The molecule has 0 saturated heterocycles. The van der Waals surface area contributed by atoms with Gasteiger partial charge in [0, 0.05) is 32.6 Å². The first-order valence-corrected chi connectivity index (χ1v) is 12.6. The van der Waals surface area contributed by atoms with Crippen LogP contribution >= 0.6 is 0 Å². The molecule has 31 heavy (non-hydrogen) atoms. The van der Waals surface area contributed by atoms with Crippen LogP contribution in [-0.4, -0.2) is 59.8 Å². The van der Waals surface area contributed by atoms with Gasteiger partial charge in [0.1, 0.15) is 0 Å². The highest BCUT2D eigenvalue weighted by Gasteiger charge is 2.08. The summed E-state index contributed by atoms with van der Waals surface area (Å²) in [6.07, 6.45) is 21.4. The number of allylic oxidation sites excluding steroid dienone is 2. The van der Waals surface area contributed by atoms with E-state index in [2.05, 4.69) is 24.4 Å². The van der Waals surface area contributed by atoms with E-state index in [1.807, 2.05) is 4.90 Å². The molecule has 0 aliphatic rings. The van der Waals surface area contributed by atoms with Crippen molar-refractivity contribution in [2.45, 2.75) is 103 Å². The molecule has 0 aliphatic carbocycles. The van der Waals surface area contributed by atoms with Gasteiger partial charge in [-0.05, 0) is 32.1 Å². The number of unbranched alkanes of at least 4 members (excludes halogenated alkanes) is 11. The van der Waals surface area contributed by atoms with E-state index >= 15 is 0 Å². The van der Waals surface area contributed by atoms with Crippen molar-refractivity contribution >= 4 is 11.9 Å². The van der Waals surface area contributed by atoms with E-state index in [1.165, 1.54) is 70.6 Å². The summed E-state index contributed by atoms with van der Waals surface area (Å²) >= 11 is 0. The lowest BCUT2D eigenvalue weighted by atomic mass is 10.1. The van der Waals surface area contributed by atoms with Crippen molar-refractivity contribution in [3.8, 4) is 0 Å². The van der Waals surface area contributed by atoms with Gasteiger partial charge in [-0.2, -0.15) is 0 Å². The van der Waals surface area contributed by atoms with Crippen LogP contribution in [0.3, 0.4) is 0 Å². The van der Waals surface area contributed by atoms with E-state index < -0.39 is 5.97 Å². The quantitative estimate of drug-likeness (QED) is 0.155. The molecule has 0 fully saturated rings. The maximum absolute atomic E-state index is 11.9. The van der Waals surface area contributed by atoms with Gasteiger partial charge in [0.25, 0.3) is 0 Å². The molecule has 6 nitrogen and oxygen atoms in total. The Morgan fingerprint density at radius 3 is 1.94 bits per heavy atom. The number of nitrogens with zero attached hydrogens (tertiary/aromatic N) is 1. The molecule has 0 spiro atoms. The highest BCUT2D eigenvalue weighted by molar-refractivity contribution is 5.75. The third-order valence-electron chi connectivity index (χ3n) is 5.47. The molecule has 0 radical (unpaired) electrons. The molecule has 0 atom stereocenters. The Labute approximate surface area is 190 Å². The number of aliphatic hydroxyl groups is 1. The fourth-order valence-corrected chi connectivity index (χ4v) is 3.53. The smallest absolute Gasteiger partial charge is 0.304 e. The van der Waals surface area contributed by atoms with Crippen molar-refractivity contribution in [2.75, 3.05) is 32.8 Å². The number of amides is 1. The van der Waals surface area contributed by atoms with Crippen LogP contribution in [0, 0.1) is 0 Å². The Bertz CT molecular complexity index is 455. The van der Waals surface area contributed by atoms with Gasteiger partial charge in [-0.1, -0.05) is 70.4 Å². The van der Waals surface area contributed by atoms with Crippen molar-refractivity contribution < 1.29 is 19.8 Å². The second-order valence-electron chi connectivity index (χ2n) is 8.39. The average molecular weight is 441 g/mol. The van der Waals surface area contributed by atoms with Crippen LogP contribution in [0.4, 0.5) is 0 Å². The van der Waals surface area contributed by atoms with Gasteiger partial charge in [0.15, 0.2) is 0 Å². The van der Waals surface area contributed by atoms with Crippen LogP contribution in [0.15, 0.2) is 12.2 Å². The highest BCUT2D eigenvalue weighted by atomic mass is 16.4. The maximum atomic E-state index is 11.9. The molecule has 0 aromatic heterocycles. The van der Waals surface area contributed by atoms with Crippen molar-refractivity contribution in [3.63, 3.8) is 0 Å². The molecule has 0 aromatic rings. The summed E-state index contributed by atoms with van der Waals surface area (Å²) in [7, 11) is 0. The van der Waals surface area contributed by atoms with Gasteiger partial charge in [-0.25, -0.2) is 0 Å². The first-order valence-electron chi connectivity index (χ1n) is 12.6. The number of carboxylic acid groups (broad SMARTS) is 1.